The van der Waals surface area contributed by atoms with Crippen LogP contribution >= 0.6 is 11.8 Å². The van der Waals surface area contributed by atoms with Gasteiger partial charge in [0, 0.05) is 4.75 Å². The molecule has 94 valence electrons. The van der Waals surface area contributed by atoms with Crippen molar-refractivity contribution < 1.29 is 0 Å². The quantitative estimate of drug-likeness (QED) is 0.639. The number of thioether (sulfide) groups is 1. The van der Waals surface area contributed by atoms with Crippen LogP contribution in [-0.4, -0.2) is 10.5 Å². The van der Waals surface area contributed by atoms with Crippen molar-refractivity contribution in [3.05, 3.63) is 34.9 Å². The summed E-state index contributed by atoms with van der Waals surface area (Å²) in [6.45, 7) is 6.64. The van der Waals surface area contributed by atoms with Crippen molar-refractivity contribution in [3.8, 4) is 0 Å². The molecule has 1 aliphatic rings. The monoisotopic (exact) mass is 250 g/mol. The van der Waals surface area contributed by atoms with Gasteiger partial charge in [-0.05, 0) is 50.5 Å². The highest BCUT2D eigenvalue weighted by Gasteiger charge is 2.38. The predicted octanol–water partition coefficient (Wildman–Crippen LogP) is 3.09. The van der Waals surface area contributed by atoms with Crippen molar-refractivity contribution in [3.63, 3.8) is 0 Å². The zero-order valence-corrected chi connectivity index (χ0v) is 11.7. The second-order valence-corrected chi connectivity index (χ2v) is 6.85. The molecule has 1 aromatic carbocycles. The van der Waals surface area contributed by atoms with Crippen LogP contribution in [0.4, 0.5) is 0 Å². The molecular weight excluding hydrogens is 228 g/mol. The van der Waals surface area contributed by atoms with Crippen molar-refractivity contribution in [2.45, 2.75) is 44.4 Å². The molecule has 1 aliphatic heterocycles. The topological polar surface area (TPSA) is 38.0 Å². The summed E-state index contributed by atoms with van der Waals surface area (Å²) in [4.78, 5) is 0. The molecule has 1 fully saturated rings. The molecule has 0 aliphatic carbocycles. The number of hydrazine groups is 1. The van der Waals surface area contributed by atoms with Crippen LogP contribution in [0.1, 0.15) is 42.5 Å². The Morgan fingerprint density at radius 1 is 1.41 bits per heavy atom. The number of nitrogens with one attached hydrogen (secondary N) is 1. The highest BCUT2D eigenvalue weighted by molar-refractivity contribution is 8.00. The first-order chi connectivity index (χ1) is 8.07. The molecule has 2 unspecified atom stereocenters. The molecule has 0 spiro atoms. The lowest BCUT2D eigenvalue weighted by atomic mass is 9.87. The van der Waals surface area contributed by atoms with Gasteiger partial charge in [0.15, 0.2) is 0 Å². The van der Waals surface area contributed by atoms with E-state index in [2.05, 4.69) is 44.4 Å². The number of hydrogen-bond donors (Lipinski definition) is 2. The van der Waals surface area contributed by atoms with E-state index in [-0.39, 0.29) is 10.8 Å². The van der Waals surface area contributed by atoms with E-state index < -0.39 is 0 Å². The van der Waals surface area contributed by atoms with Gasteiger partial charge < -0.3 is 0 Å². The fourth-order valence-corrected chi connectivity index (χ4v) is 4.10. The highest BCUT2D eigenvalue weighted by Crippen LogP contribution is 2.46. The van der Waals surface area contributed by atoms with Crippen LogP contribution in [0.5, 0.6) is 0 Å². The van der Waals surface area contributed by atoms with Crippen molar-refractivity contribution in [2.24, 2.45) is 5.84 Å². The van der Waals surface area contributed by atoms with Gasteiger partial charge >= 0.3 is 0 Å². The van der Waals surface area contributed by atoms with E-state index in [0.717, 1.165) is 0 Å². The zero-order valence-electron chi connectivity index (χ0n) is 10.9. The molecule has 0 radical (unpaired) electrons. The number of nitrogens with two attached hydrogens (primary N) is 1. The normalized spacial score (nSPS) is 26.1. The summed E-state index contributed by atoms with van der Waals surface area (Å²) in [5.41, 5.74) is 7.03. The molecule has 0 saturated carbocycles. The molecule has 17 heavy (non-hydrogen) atoms. The van der Waals surface area contributed by atoms with Crippen LogP contribution in [0.3, 0.4) is 0 Å². The molecule has 1 saturated heterocycles. The summed E-state index contributed by atoms with van der Waals surface area (Å²) in [7, 11) is 0. The van der Waals surface area contributed by atoms with Gasteiger partial charge in [-0.25, -0.2) is 0 Å². The maximum absolute atomic E-state index is 5.83. The SMILES string of the molecule is Cc1ccc(C)c(C(NN)C2(C)CCCS2)c1. The summed E-state index contributed by atoms with van der Waals surface area (Å²) in [5, 5.41) is 0. The molecule has 3 N–H and O–H groups in total. The lowest BCUT2D eigenvalue weighted by molar-refractivity contribution is 0.419. The smallest absolute Gasteiger partial charge is 0.0606 e. The zero-order chi connectivity index (χ0) is 12.5. The first kappa shape index (κ1) is 12.9. The highest BCUT2D eigenvalue weighted by atomic mass is 32.2. The maximum atomic E-state index is 5.83. The Balaban J connectivity index is 2.37. The second kappa shape index (κ2) is 5.01. The molecule has 2 rings (SSSR count). The Labute approximate surface area is 108 Å². The lowest BCUT2D eigenvalue weighted by Gasteiger charge is -2.34. The standard InChI is InChI=1S/C14H22N2S/c1-10-5-6-11(2)12(9-10)13(16-15)14(3)7-4-8-17-14/h5-6,9,13,16H,4,7-8,15H2,1-3H3. The summed E-state index contributed by atoms with van der Waals surface area (Å²) in [6, 6.07) is 6.87. The van der Waals surface area contributed by atoms with E-state index in [4.69, 9.17) is 5.84 Å². The number of rotatable bonds is 3. The predicted molar refractivity (Wildman–Crippen MR) is 76.1 cm³/mol. The van der Waals surface area contributed by atoms with Gasteiger partial charge in [0.25, 0.3) is 0 Å². The van der Waals surface area contributed by atoms with E-state index in [0.29, 0.717) is 0 Å². The number of aryl methyl sites for hydroxylation is 2. The van der Waals surface area contributed by atoms with Gasteiger partial charge in [0.1, 0.15) is 0 Å². The molecule has 0 bridgehead atoms. The Bertz CT molecular complexity index is 397. The number of benzene rings is 1. The Kier molecular flexibility index (Phi) is 3.81. The van der Waals surface area contributed by atoms with Gasteiger partial charge in [-0.15, -0.1) is 0 Å². The minimum Gasteiger partial charge on any atom is -0.271 e. The van der Waals surface area contributed by atoms with Crippen LogP contribution in [0.15, 0.2) is 18.2 Å². The minimum atomic E-state index is 0.229. The fraction of sp³-hybridized carbons (Fsp3) is 0.571. The van der Waals surface area contributed by atoms with Crippen molar-refractivity contribution in [2.75, 3.05) is 5.75 Å². The molecule has 1 aromatic rings. The first-order valence-electron chi connectivity index (χ1n) is 6.24. The number of hydrogen-bond acceptors (Lipinski definition) is 3. The average molecular weight is 250 g/mol. The molecule has 3 heteroatoms. The van der Waals surface area contributed by atoms with E-state index in [1.165, 1.54) is 35.3 Å². The van der Waals surface area contributed by atoms with Gasteiger partial charge in [0.2, 0.25) is 0 Å². The van der Waals surface area contributed by atoms with E-state index in [1.807, 2.05) is 11.8 Å². The average Bonchev–Trinajstić information content (AvgIpc) is 2.72. The van der Waals surface area contributed by atoms with Crippen molar-refractivity contribution in [1.29, 1.82) is 0 Å². The molecule has 0 aromatic heterocycles. The Morgan fingerprint density at radius 3 is 2.76 bits per heavy atom. The maximum Gasteiger partial charge on any atom is 0.0606 e. The lowest BCUT2D eigenvalue weighted by Crippen LogP contribution is -2.41. The third kappa shape index (κ3) is 2.51. The summed E-state index contributed by atoms with van der Waals surface area (Å²) >= 11 is 2.04. The summed E-state index contributed by atoms with van der Waals surface area (Å²) in [5.74, 6) is 7.07. The van der Waals surface area contributed by atoms with E-state index >= 15 is 0 Å². The van der Waals surface area contributed by atoms with Crippen LogP contribution < -0.4 is 11.3 Å². The van der Waals surface area contributed by atoms with Gasteiger partial charge in [-0.1, -0.05) is 23.8 Å². The van der Waals surface area contributed by atoms with Crippen molar-refractivity contribution >= 4 is 11.8 Å². The first-order valence-corrected chi connectivity index (χ1v) is 7.22. The Morgan fingerprint density at radius 2 is 2.18 bits per heavy atom. The van der Waals surface area contributed by atoms with E-state index in [9.17, 15) is 0 Å². The van der Waals surface area contributed by atoms with Gasteiger partial charge in [0.05, 0.1) is 6.04 Å². The van der Waals surface area contributed by atoms with Crippen LogP contribution in [0.2, 0.25) is 0 Å². The van der Waals surface area contributed by atoms with Gasteiger partial charge in [-0.2, -0.15) is 11.8 Å². The second-order valence-electron chi connectivity index (χ2n) is 5.22. The van der Waals surface area contributed by atoms with E-state index in [1.54, 1.807) is 0 Å². The van der Waals surface area contributed by atoms with Crippen molar-refractivity contribution in [1.82, 2.24) is 5.43 Å². The largest absolute Gasteiger partial charge is 0.271 e. The third-order valence-corrected chi connectivity index (χ3v) is 5.36. The van der Waals surface area contributed by atoms with Crippen LogP contribution in [0.25, 0.3) is 0 Å². The molecular formula is C14H22N2S. The molecule has 2 atom stereocenters. The molecule has 1 heterocycles. The molecule has 0 amide bonds. The van der Waals surface area contributed by atoms with Crippen LogP contribution in [-0.2, 0) is 0 Å². The fourth-order valence-electron chi connectivity index (χ4n) is 2.69. The third-order valence-electron chi connectivity index (χ3n) is 3.77. The van der Waals surface area contributed by atoms with Crippen LogP contribution in [0, 0.1) is 13.8 Å². The van der Waals surface area contributed by atoms with Gasteiger partial charge in [-0.3, -0.25) is 11.3 Å². The summed E-state index contributed by atoms with van der Waals surface area (Å²) in [6.07, 6.45) is 2.53. The Hall–Kier alpha value is -0.510. The molecule has 2 nitrogen and oxygen atoms in total. The minimum absolute atomic E-state index is 0.229. The summed E-state index contributed by atoms with van der Waals surface area (Å²) < 4.78 is 0.229.